The monoisotopic (exact) mass is 256 g/mol. The van der Waals surface area contributed by atoms with Crippen LogP contribution in [0.4, 0.5) is 11.4 Å². The number of phenols is 1. The van der Waals surface area contributed by atoms with E-state index in [4.69, 9.17) is 5.11 Å². The number of nitrogens with zero attached hydrogens (tertiary/aromatic N) is 2. The van der Waals surface area contributed by atoms with E-state index in [-0.39, 0.29) is 11.3 Å². The molecular weight excluding hydrogens is 244 g/mol. The number of phenolic OH excluding ortho intramolecular Hbond substituents is 1. The molecule has 0 amide bonds. The molecule has 2 aromatic carbocycles. The molecule has 0 unspecified atom stereocenters. The van der Waals surface area contributed by atoms with Crippen molar-refractivity contribution in [3.05, 3.63) is 53.6 Å². The second-order valence-corrected chi connectivity index (χ2v) is 3.99. The van der Waals surface area contributed by atoms with Gasteiger partial charge in [-0.05, 0) is 42.8 Å². The highest BCUT2D eigenvalue weighted by molar-refractivity contribution is 5.93. The van der Waals surface area contributed by atoms with Crippen LogP contribution in [0, 0.1) is 6.92 Å². The Kier molecular flexibility index (Phi) is 3.56. The quantitative estimate of drug-likeness (QED) is 0.819. The van der Waals surface area contributed by atoms with Crippen LogP contribution in [-0.4, -0.2) is 16.2 Å². The molecule has 0 fully saturated rings. The molecule has 0 heterocycles. The van der Waals surface area contributed by atoms with Crippen molar-refractivity contribution in [2.45, 2.75) is 6.92 Å². The maximum absolute atomic E-state index is 11.0. The summed E-state index contributed by atoms with van der Waals surface area (Å²) in [6.45, 7) is 1.75. The number of benzene rings is 2. The fraction of sp³-hybridized carbons (Fsp3) is 0.0714. The van der Waals surface area contributed by atoms with E-state index in [0.717, 1.165) is 0 Å². The molecule has 0 saturated heterocycles. The normalized spacial score (nSPS) is 10.8. The van der Waals surface area contributed by atoms with Gasteiger partial charge in [-0.25, -0.2) is 4.79 Å². The molecule has 2 aromatic rings. The first-order valence-corrected chi connectivity index (χ1v) is 5.61. The first-order valence-electron chi connectivity index (χ1n) is 5.61. The van der Waals surface area contributed by atoms with E-state index in [1.165, 1.54) is 12.1 Å². The average molecular weight is 256 g/mol. The molecule has 0 aromatic heterocycles. The lowest BCUT2D eigenvalue weighted by Gasteiger charge is -2.00. The van der Waals surface area contributed by atoms with Crippen LogP contribution in [0.1, 0.15) is 15.9 Å². The highest BCUT2D eigenvalue weighted by atomic mass is 16.4. The van der Waals surface area contributed by atoms with Gasteiger partial charge in [0.15, 0.2) is 0 Å². The van der Waals surface area contributed by atoms with E-state index in [1.807, 2.05) is 0 Å². The summed E-state index contributed by atoms with van der Waals surface area (Å²) in [5, 5.41) is 26.3. The van der Waals surface area contributed by atoms with Gasteiger partial charge in [0.25, 0.3) is 0 Å². The van der Waals surface area contributed by atoms with E-state index in [0.29, 0.717) is 16.9 Å². The lowest BCUT2D eigenvalue weighted by atomic mass is 10.2. The van der Waals surface area contributed by atoms with E-state index in [1.54, 1.807) is 37.3 Å². The second kappa shape index (κ2) is 5.30. The molecule has 0 aliphatic heterocycles. The van der Waals surface area contributed by atoms with E-state index >= 15 is 0 Å². The van der Waals surface area contributed by atoms with Crippen LogP contribution in [0.15, 0.2) is 52.7 Å². The Morgan fingerprint density at radius 3 is 2.53 bits per heavy atom. The van der Waals surface area contributed by atoms with Crippen molar-refractivity contribution in [1.29, 1.82) is 0 Å². The molecule has 0 atom stereocenters. The molecule has 0 aliphatic carbocycles. The number of carbonyl (C=O) groups is 1. The van der Waals surface area contributed by atoms with E-state index in [2.05, 4.69) is 10.2 Å². The Balaban J connectivity index is 2.32. The Morgan fingerprint density at radius 1 is 1.11 bits per heavy atom. The Hall–Kier alpha value is -2.69. The number of hydrogen-bond acceptors (Lipinski definition) is 4. The molecule has 2 rings (SSSR count). The van der Waals surface area contributed by atoms with Crippen LogP contribution in [0.5, 0.6) is 5.75 Å². The van der Waals surface area contributed by atoms with Gasteiger partial charge in [0.2, 0.25) is 0 Å². The minimum absolute atomic E-state index is 0.0988. The van der Waals surface area contributed by atoms with E-state index in [9.17, 15) is 9.90 Å². The van der Waals surface area contributed by atoms with Crippen LogP contribution < -0.4 is 0 Å². The van der Waals surface area contributed by atoms with Crippen LogP contribution in [-0.2, 0) is 0 Å². The summed E-state index contributed by atoms with van der Waals surface area (Å²) in [5.74, 6) is -0.860. The summed E-state index contributed by atoms with van der Waals surface area (Å²) in [4.78, 5) is 11.0. The van der Waals surface area contributed by atoms with Gasteiger partial charge in [0, 0.05) is 0 Å². The summed E-state index contributed by atoms with van der Waals surface area (Å²) in [6, 6.07) is 11.2. The topological polar surface area (TPSA) is 82.2 Å². The van der Waals surface area contributed by atoms with Gasteiger partial charge in [0.1, 0.15) is 11.4 Å². The van der Waals surface area contributed by atoms with Crippen molar-refractivity contribution < 1.29 is 15.0 Å². The molecule has 2 N–H and O–H groups in total. The third-order valence-corrected chi connectivity index (χ3v) is 2.59. The van der Waals surface area contributed by atoms with Crippen LogP contribution in [0.25, 0.3) is 0 Å². The number of aryl methyl sites for hydroxylation is 1. The van der Waals surface area contributed by atoms with Crippen LogP contribution in [0.2, 0.25) is 0 Å². The van der Waals surface area contributed by atoms with Gasteiger partial charge < -0.3 is 10.2 Å². The largest absolute Gasteiger partial charge is 0.508 e. The van der Waals surface area contributed by atoms with Gasteiger partial charge >= 0.3 is 5.97 Å². The zero-order valence-electron chi connectivity index (χ0n) is 10.2. The zero-order valence-corrected chi connectivity index (χ0v) is 10.2. The molecule has 96 valence electrons. The van der Waals surface area contributed by atoms with Gasteiger partial charge in [-0.3, -0.25) is 0 Å². The molecule has 0 saturated carbocycles. The third kappa shape index (κ3) is 2.95. The van der Waals surface area contributed by atoms with Crippen molar-refractivity contribution in [2.24, 2.45) is 10.2 Å². The summed E-state index contributed by atoms with van der Waals surface area (Å²) in [6.07, 6.45) is 0. The molecule has 5 heteroatoms. The zero-order chi connectivity index (χ0) is 13.8. The number of rotatable bonds is 3. The van der Waals surface area contributed by atoms with Crippen LogP contribution in [0.3, 0.4) is 0 Å². The van der Waals surface area contributed by atoms with Crippen molar-refractivity contribution >= 4 is 17.3 Å². The maximum Gasteiger partial charge on any atom is 0.337 e. The smallest absolute Gasteiger partial charge is 0.337 e. The van der Waals surface area contributed by atoms with Gasteiger partial charge in [0.05, 0.1) is 11.3 Å². The number of carboxylic acid groups (broad SMARTS) is 1. The fourth-order valence-corrected chi connectivity index (χ4v) is 1.56. The van der Waals surface area contributed by atoms with Crippen molar-refractivity contribution in [1.82, 2.24) is 0 Å². The van der Waals surface area contributed by atoms with Gasteiger partial charge in [-0.1, -0.05) is 12.1 Å². The maximum atomic E-state index is 11.0. The predicted molar refractivity (Wildman–Crippen MR) is 70.4 cm³/mol. The molecule has 5 nitrogen and oxygen atoms in total. The third-order valence-electron chi connectivity index (χ3n) is 2.59. The number of azo groups is 1. The predicted octanol–water partition coefficient (Wildman–Crippen LogP) is 3.81. The Bertz CT molecular complexity index is 651. The lowest BCUT2D eigenvalue weighted by molar-refractivity contribution is 0.0697. The van der Waals surface area contributed by atoms with Gasteiger partial charge in [-0.2, -0.15) is 5.11 Å². The fourth-order valence-electron chi connectivity index (χ4n) is 1.56. The molecular formula is C14H12N2O3. The number of aromatic carboxylic acids is 1. The molecule has 0 spiro atoms. The number of hydrogen-bond donors (Lipinski definition) is 2. The lowest BCUT2D eigenvalue weighted by Crippen LogP contribution is -1.95. The summed E-state index contributed by atoms with van der Waals surface area (Å²) < 4.78 is 0. The minimum Gasteiger partial charge on any atom is -0.508 e. The van der Waals surface area contributed by atoms with E-state index < -0.39 is 5.97 Å². The highest BCUT2D eigenvalue weighted by Crippen LogP contribution is 2.25. The SMILES string of the molecule is Cc1cc(N=Nc2ccccc2C(=O)O)ccc1O. The number of aromatic hydroxyl groups is 1. The summed E-state index contributed by atoms with van der Waals surface area (Å²) in [7, 11) is 0. The molecule has 0 radical (unpaired) electrons. The second-order valence-electron chi connectivity index (χ2n) is 3.99. The first-order chi connectivity index (χ1) is 9.08. The Labute approximate surface area is 109 Å². The highest BCUT2D eigenvalue weighted by Gasteiger charge is 2.07. The molecule has 0 bridgehead atoms. The van der Waals surface area contributed by atoms with Gasteiger partial charge in [-0.15, -0.1) is 5.11 Å². The van der Waals surface area contributed by atoms with Crippen LogP contribution >= 0.6 is 0 Å². The van der Waals surface area contributed by atoms with Crippen molar-refractivity contribution in [3.63, 3.8) is 0 Å². The summed E-state index contributed by atoms with van der Waals surface area (Å²) >= 11 is 0. The summed E-state index contributed by atoms with van der Waals surface area (Å²) in [5.41, 5.74) is 1.63. The molecule has 19 heavy (non-hydrogen) atoms. The first kappa shape index (κ1) is 12.8. The average Bonchev–Trinajstić information content (AvgIpc) is 2.40. The number of carboxylic acids is 1. The van der Waals surface area contributed by atoms with Crippen molar-refractivity contribution in [3.8, 4) is 5.75 Å². The van der Waals surface area contributed by atoms with Crippen molar-refractivity contribution in [2.75, 3.05) is 0 Å². The Morgan fingerprint density at radius 2 is 1.84 bits per heavy atom. The standard InChI is InChI=1S/C14H12N2O3/c1-9-8-10(6-7-13(9)17)15-16-12-5-3-2-4-11(12)14(18)19/h2-8,17H,1H3,(H,18,19). The molecule has 0 aliphatic rings. The minimum atomic E-state index is -1.04.